The van der Waals surface area contributed by atoms with Gasteiger partial charge in [-0.2, -0.15) is 13.2 Å². The summed E-state index contributed by atoms with van der Waals surface area (Å²) >= 11 is 12.5. The molecule has 31 heavy (non-hydrogen) atoms. The average molecular weight is 485 g/mol. The number of hydrogen-bond donors (Lipinski definition) is 1. The van der Waals surface area contributed by atoms with Crippen LogP contribution >= 0.6 is 35.6 Å². The number of anilines is 1. The summed E-state index contributed by atoms with van der Waals surface area (Å²) in [4.78, 5) is 26.6. The molecule has 0 radical (unpaired) electrons. The fraction of sp³-hybridized carbons (Fsp3) is 0.190. The van der Waals surface area contributed by atoms with Crippen LogP contribution in [0.3, 0.4) is 0 Å². The molecule has 0 saturated carbocycles. The van der Waals surface area contributed by atoms with Gasteiger partial charge >= 0.3 is 6.18 Å². The van der Waals surface area contributed by atoms with Crippen molar-refractivity contribution in [3.8, 4) is 0 Å². The number of hydrogen-bond acceptors (Lipinski definition) is 4. The van der Waals surface area contributed by atoms with E-state index >= 15 is 0 Å². The van der Waals surface area contributed by atoms with Crippen molar-refractivity contribution in [2.75, 3.05) is 11.9 Å². The van der Waals surface area contributed by atoms with Gasteiger partial charge in [-0.05, 0) is 42.3 Å². The lowest BCUT2D eigenvalue weighted by atomic mass is 10.2. The van der Waals surface area contributed by atoms with Gasteiger partial charge in [0.1, 0.15) is 4.32 Å². The standard InChI is InChI=1S/C21H16ClF3N2O2S2/c22-16-8-2-1-5-13(16)11-17-19(29)27(20(30)31-17)10-4-9-18(28)26-15-7-3-6-14(12-15)21(23,24)25/h1-3,5-8,11-12H,4,9-10H2,(H,26,28). The number of nitrogens with zero attached hydrogens (tertiary/aromatic N) is 1. The van der Waals surface area contributed by atoms with Crippen molar-refractivity contribution in [3.63, 3.8) is 0 Å². The largest absolute Gasteiger partial charge is 0.416 e. The predicted molar refractivity (Wildman–Crippen MR) is 121 cm³/mol. The number of halogens is 4. The van der Waals surface area contributed by atoms with E-state index in [9.17, 15) is 22.8 Å². The zero-order chi connectivity index (χ0) is 22.6. The van der Waals surface area contributed by atoms with Crippen molar-refractivity contribution >= 4 is 63.5 Å². The molecule has 1 heterocycles. The molecule has 3 rings (SSSR count). The van der Waals surface area contributed by atoms with Crippen LogP contribution in [-0.2, 0) is 15.8 Å². The molecule has 1 N–H and O–H groups in total. The molecule has 1 aliphatic heterocycles. The number of carbonyl (C=O) groups is 2. The summed E-state index contributed by atoms with van der Waals surface area (Å²) in [7, 11) is 0. The van der Waals surface area contributed by atoms with Crippen LogP contribution in [0.25, 0.3) is 6.08 Å². The van der Waals surface area contributed by atoms with E-state index in [2.05, 4.69) is 5.32 Å². The van der Waals surface area contributed by atoms with Crippen molar-refractivity contribution < 1.29 is 22.8 Å². The Hall–Kier alpha value is -2.36. The minimum absolute atomic E-state index is 0.0247. The zero-order valence-corrected chi connectivity index (χ0v) is 18.3. The average Bonchev–Trinajstić information content (AvgIpc) is 2.96. The normalized spacial score (nSPS) is 15.6. The molecule has 2 amide bonds. The van der Waals surface area contributed by atoms with Crippen molar-refractivity contribution in [2.45, 2.75) is 19.0 Å². The van der Waals surface area contributed by atoms with Crippen molar-refractivity contribution in [1.82, 2.24) is 4.90 Å². The van der Waals surface area contributed by atoms with E-state index in [-0.39, 0.29) is 24.6 Å². The second kappa shape index (κ2) is 9.84. The SMILES string of the molecule is O=C(CCCN1C(=O)C(=Cc2ccccc2Cl)SC1=S)Nc1cccc(C(F)(F)F)c1. The first-order valence-electron chi connectivity index (χ1n) is 9.12. The molecule has 162 valence electrons. The Morgan fingerprint density at radius 3 is 2.65 bits per heavy atom. The maximum atomic E-state index is 12.8. The number of carbonyl (C=O) groups excluding carboxylic acids is 2. The molecule has 1 saturated heterocycles. The van der Waals surface area contributed by atoms with Gasteiger partial charge in [0, 0.05) is 23.7 Å². The predicted octanol–water partition coefficient (Wildman–Crippen LogP) is 5.98. The molecule has 10 heteroatoms. The molecule has 0 aromatic heterocycles. The van der Waals surface area contributed by atoms with Gasteiger partial charge in [0.05, 0.1) is 10.5 Å². The van der Waals surface area contributed by atoms with Gasteiger partial charge in [0.2, 0.25) is 5.91 Å². The first-order chi connectivity index (χ1) is 14.6. The number of thioether (sulfide) groups is 1. The molecule has 2 aromatic carbocycles. The molecule has 1 aliphatic rings. The van der Waals surface area contributed by atoms with E-state index in [1.807, 2.05) is 6.07 Å². The van der Waals surface area contributed by atoms with E-state index in [1.54, 1.807) is 24.3 Å². The van der Waals surface area contributed by atoms with Crippen LogP contribution in [0, 0.1) is 0 Å². The third kappa shape index (κ3) is 6.09. The van der Waals surface area contributed by atoms with Gasteiger partial charge in [-0.15, -0.1) is 0 Å². The van der Waals surface area contributed by atoms with E-state index < -0.39 is 17.6 Å². The van der Waals surface area contributed by atoms with Crippen LogP contribution in [0.15, 0.2) is 53.4 Å². The monoisotopic (exact) mass is 484 g/mol. The van der Waals surface area contributed by atoms with Gasteiger partial charge < -0.3 is 5.32 Å². The molecule has 0 spiro atoms. The third-order valence-corrected chi connectivity index (χ3v) is 6.05. The summed E-state index contributed by atoms with van der Waals surface area (Å²) < 4.78 is 38.7. The Bertz CT molecular complexity index is 1060. The molecule has 4 nitrogen and oxygen atoms in total. The summed E-state index contributed by atoms with van der Waals surface area (Å²) in [5.74, 6) is -0.718. The van der Waals surface area contributed by atoms with Gasteiger partial charge in [-0.3, -0.25) is 14.5 Å². The lowest BCUT2D eigenvalue weighted by molar-refractivity contribution is -0.137. The maximum absolute atomic E-state index is 12.8. The molecule has 0 unspecified atom stereocenters. The highest BCUT2D eigenvalue weighted by Crippen LogP contribution is 2.34. The van der Waals surface area contributed by atoms with Crippen molar-refractivity contribution in [2.24, 2.45) is 0 Å². The van der Waals surface area contributed by atoms with Crippen LogP contribution < -0.4 is 5.32 Å². The van der Waals surface area contributed by atoms with Crippen LogP contribution in [0.4, 0.5) is 18.9 Å². The molecule has 1 fully saturated rings. The fourth-order valence-electron chi connectivity index (χ4n) is 2.82. The molecule has 2 aromatic rings. The van der Waals surface area contributed by atoms with Gasteiger partial charge in [-0.1, -0.05) is 59.8 Å². The lowest BCUT2D eigenvalue weighted by Gasteiger charge is -2.14. The minimum atomic E-state index is -4.49. The zero-order valence-electron chi connectivity index (χ0n) is 15.9. The van der Waals surface area contributed by atoms with Crippen LogP contribution in [-0.4, -0.2) is 27.6 Å². The number of benzene rings is 2. The van der Waals surface area contributed by atoms with E-state index in [1.165, 1.54) is 17.0 Å². The topological polar surface area (TPSA) is 49.4 Å². The smallest absolute Gasteiger partial charge is 0.326 e. The van der Waals surface area contributed by atoms with E-state index in [0.29, 0.717) is 26.2 Å². The fourth-order valence-corrected chi connectivity index (χ4v) is 4.31. The van der Waals surface area contributed by atoms with Crippen molar-refractivity contribution in [1.29, 1.82) is 0 Å². The van der Waals surface area contributed by atoms with Crippen LogP contribution in [0.2, 0.25) is 5.02 Å². The first kappa shape index (κ1) is 23.3. The highest BCUT2D eigenvalue weighted by molar-refractivity contribution is 8.26. The second-order valence-corrected chi connectivity index (χ2v) is 8.67. The highest BCUT2D eigenvalue weighted by Gasteiger charge is 2.32. The highest BCUT2D eigenvalue weighted by atomic mass is 35.5. The number of thiocarbonyl (C=S) groups is 1. The van der Waals surface area contributed by atoms with Crippen LogP contribution in [0.5, 0.6) is 0 Å². The summed E-state index contributed by atoms with van der Waals surface area (Å²) in [6.07, 6.45) is -2.49. The molecular weight excluding hydrogens is 469 g/mol. The van der Waals surface area contributed by atoms with E-state index in [4.69, 9.17) is 23.8 Å². The maximum Gasteiger partial charge on any atom is 0.416 e. The third-order valence-electron chi connectivity index (χ3n) is 4.32. The van der Waals surface area contributed by atoms with Gasteiger partial charge in [0.25, 0.3) is 5.91 Å². The Balaban J connectivity index is 1.55. The number of rotatable bonds is 6. The molecular formula is C21H16ClF3N2O2S2. The summed E-state index contributed by atoms with van der Waals surface area (Å²) in [5.41, 5.74) is -0.0774. The van der Waals surface area contributed by atoms with Crippen LogP contribution in [0.1, 0.15) is 24.0 Å². The summed E-state index contributed by atoms with van der Waals surface area (Å²) in [5, 5.41) is 2.96. The van der Waals surface area contributed by atoms with Gasteiger partial charge in [0.15, 0.2) is 0 Å². The first-order valence-corrected chi connectivity index (χ1v) is 10.7. The Kier molecular flexibility index (Phi) is 7.40. The summed E-state index contributed by atoms with van der Waals surface area (Å²) in [6.45, 7) is 0.223. The lowest BCUT2D eigenvalue weighted by Crippen LogP contribution is -2.29. The number of amides is 2. The Labute approximate surface area is 191 Å². The summed E-state index contributed by atoms with van der Waals surface area (Å²) in [6, 6.07) is 11.5. The molecule has 0 bridgehead atoms. The molecule has 0 aliphatic carbocycles. The second-order valence-electron chi connectivity index (χ2n) is 6.59. The minimum Gasteiger partial charge on any atom is -0.326 e. The quantitative estimate of drug-likeness (QED) is 0.405. The van der Waals surface area contributed by atoms with Gasteiger partial charge in [-0.25, -0.2) is 0 Å². The Morgan fingerprint density at radius 2 is 1.94 bits per heavy atom. The van der Waals surface area contributed by atoms with Crippen molar-refractivity contribution in [3.05, 3.63) is 69.6 Å². The number of alkyl halides is 3. The Morgan fingerprint density at radius 1 is 1.19 bits per heavy atom. The number of nitrogens with one attached hydrogen (secondary N) is 1. The molecule has 0 atom stereocenters. The van der Waals surface area contributed by atoms with E-state index in [0.717, 1.165) is 23.9 Å².